The monoisotopic (exact) mass is 384 g/mol. The molecule has 0 unspecified atom stereocenters. The quantitative estimate of drug-likeness (QED) is 0.741. The van der Waals surface area contributed by atoms with Crippen molar-refractivity contribution in [3.05, 3.63) is 34.7 Å². The molecule has 8 heteroatoms. The zero-order valence-electron chi connectivity index (χ0n) is 14.4. The number of benzene rings is 1. The molecule has 2 heterocycles. The van der Waals surface area contributed by atoms with E-state index in [1.54, 1.807) is 4.90 Å². The van der Waals surface area contributed by atoms with Gasteiger partial charge in [0.15, 0.2) is 0 Å². The Balaban J connectivity index is 1.79. The predicted octanol–water partition coefficient (Wildman–Crippen LogP) is 4.14. The van der Waals surface area contributed by atoms with Gasteiger partial charge in [-0.15, -0.1) is 0 Å². The normalized spacial score (nSPS) is 25.0. The average molecular weight is 384 g/mol. The maximum atomic E-state index is 12.8. The van der Waals surface area contributed by atoms with Crippen molar-refractivity contribution in [1.29, 1.82) is 0 Å². The van der Waals surface area contributed by atoms with Gasteiger partial charge in [-0.25, -0.2) is 0 Å². The summed E-state index contributed by atoms with van der Waals surface area (Å²) in [6.45, 7) is 5.45. The Morgan fingerprint density at radius 1 is 1.27 bits per heavy atom. The van der Waals surface area contributed by atoms with Crippen molar-refractivity contribution in [2.24, 2.45) is 11.8 Å². The lowest BCUT2D eigenvalue weighted by Gasteiger charge is -2.34. The van der Waals surface area contributed by atoms with Crippen LogP contribution in [0.2, 0.25) is 0 Å². The first kappa shape index (κ1) is 18.8. The maximum absolute atomic E-state index is 12.8. The number of hydrogen-bond donors (Lipinski definition) is 1. The first-order valence-electron chi connectivity index (χ1n) is 8.34. The largest absolute Gasteiger partial charge is 0.416 e. The molecule has 2 aliphatic heterocycles. The number of halogens is 3. The Morgan fingerprint density at radius 3 is 2.54 bits per heavy atom. The fourth-order valence-electron chi connectivity index (χ4n) is 3.38. The molecule has 140 valence electrons. The number of nitrogens with zero attached hydrogens (tertiary/aromatic N) is 1. The van der Waals surface area contributed by atoms with Crippen LogP contribution in [0.25, 0.3) is 0 Å². The molecule has 1 fully saturated rings. The maximum Gasteiger partial charge on any atom is 0.416 e. The highest BCUT2D eigenvalue weighted by Crippen LogP contribution is 2.41. The Kier molecular flexibility index (Phi) is 5.05. The van der Waals surface area contributed by atoms with Gasteiger partial charge in [-0.2, -0.15) is 13.2 Å². The van der Waals surface area contributed by atoms with Crippen molar-refractivity contribution >= 4 is 29.3 Å². The minimum Gasteiger partial charge on any atom is -0.339 e. The molecule has 0 radical (unpaired) electrons. The highest BCUT2D eigenvalue weighted by molar-refractivity contribution is 8.04. The summed E-state index contributed by atoms with van der Waals surface area (Å²) in [5.41, 5.74) is -0.711. The Labute approximate surface area is 153 Å². The third-order valence-electron chi connectivity index (χ3n) is 4.43. The lowest BCUT2D eigenvalue weighted by molar-refractivity contribution is -0.137. The zero-order valence-corrected chi connectivity index (χ0v) is 15.2. The number of rotatable bonds is 1. The van der Waals surface area contributed by atoms with Gasteiger partial charge in [-0.1, -0.05) is 25.6 Å². The van der Waals surface area contributed by atoms with Crippen LogP contribution in [0.3, 0.4) is 0 Å². The van der Waals surface area contributed by atoms with Gasteiger partial charge >= 0.3 is 6.18 Å². The predicted molar refractivity (Wildman–Crippen MR) is 93.5 cm³/mol. The third-order valence-corrected chi connectivity index (χ3v) is 5.53. The van der Waals surface area contributed by atoms with Crippen molar-refractivity contribution in [3.63, 3.8) is 0 Å². The van der Waals surface area contributed by atoms with E-state index in [0.29, 0.717) is 29.8 Å². The Hall–Kier alpha value is -1.96. The van der Waals surface area contributed by atoms with Gasteiger partial charge in [-0.05, 0) is 36.5 Å². The second-order valence-corrected chi connectivity index (χ2v) is 8.05. The number of anilines is 1. The number of thioether (sulfide) groups is 1. The standard InChI is InChI=1S/C18H19F3N2O2S/c1-10-5-11(2)9-23(8-10)16(24)7-15-17(25)22-13-6-12(18(19,20)21)3-4-14(13)26-15/h3-4,6-7,10-11H,5,8-9H2,1-2H3,(H,22,25)/b15-7-/t10-,11-/m1/s1. The summed E-state index contributed by atoms with van der Waals surface area (Å²) in [6, 6.07) is 3.19. The van der Waals surface area contributed by atoms with Crippen molar-refractivity contribution in [3.8, 4) is 0 Å². The Bertz CT molecular complexity index is 766. The van der Waals surface area contributed by atoms with Crippen LogP contribution in [-0.2, 0) is 15.8 Å². The number of nitrogens with one attached hydrogen (secondary N) is 1. The van der Waals surface area contributed by atoms with Crippen LogP contribution in [0.5, 0.6) is 0 Å². The van der Waals surface area contributed by atoms with E-state index in [0.717, 1.165) is 30.3 Å². The molecule has 0 spiro atoms. The van der Waals surface area contributed by atoms with Gasteiger partial charge < -0.3 is 10.2 Å². The van der Waals surface area contributed by atoms with E-state index in [2.05, 4.69) is 19.2 Å². The van der Waals surface area contributed by atoms with Gasteiger partial charge in [0.2, 0.25) is 5.91 Å². The molecule has 0 aliphatic carbocycles. The van der Waals surface area contributed by atoms with Crippen LogP contribution in [0.1, 0.15) is 25.8 Å². The number of carbonyl (C=O) groups is 2. The van der Waals surface area contributed by atoms with Gasteiger partial charge in [0.1, 0.15) is 0 Å². The smallest absolute Gasteiger partial charge is 0.339 e. The number of fused-ring (bicyclic) bond motifs is 1. The molecule has 3 rings (SSSR count). The van der Waals surface area contributed by atoms with Crippen LogP contribution in [0.4, 0.5) is 18.9 Å². The van der Waals surface area contributed by atoms with E-state index in [1.807, 2.05) is 0 Å². The fourth-order valence-corrected chi connectivity index (χ4v) is 4.28. The molecule has 1 N–H and O–H groups in total. The van der Waals surface area contributed by atoms with Gasteiger partial charge in [0.05, 0.1) is 16.2 Å². The first-order valence-corrected chi connectivity index (χ1v) is 9.16. The first-order chi connectivity index (χ1) is 12.1. The molecule has 1 aromatic rings. The molecule has 0 aromatic heterocycles. The summed E-state index contributed by atoms with van der Waals surface area (Å²) in [5.74, 6) is -0.00408. The van der Waals surface area contributed by atoms with Crippen LogP contribution in [0, 0.1) is 11.8 Å². The molecule has 1 saturated heterocycles. The Morgan fingerprint density at radius 2 is 1.92 bits per heavy atom. The summed E-state index contributed by atoms with van der Waals surface area (Å²) >= 11 is 1.01. The van der Waals surface area contributed by atoms with Gasteiger partial charge in [0.25, 0.3) is 5.91 Å². The van der Waals surface area contributed by atoms with E-state index in [-0.39, 0.29) is 16.5 Å². The zero-order chi connectivity index (χ0) is 19.1. The van der Waals surface area contributed by atoms with E-state index >= 15 is 0 Å². The summed E-state index contributed by atoms with van der Waals surface area (Å²) in [5, 5.41) is 2.45. The van der Waals surface area contributed by atoms with Crippen molar-refractivity contribution in [1.82, 2.24) is 4.90 Å². The van der Waals surface area contributed by atoms with Crippen LogP contribution in [0.15, 0.2) is 34.1 Å². The van der Waals surface area contributed by atoms with E-state index in [1.165, 1.54) is 12.1 Å². The minimum atomic E-state index is -4.47. The number of likely N-dealkylation sites (tertiary alicyclic amines) is 1. The fraction of sp³-hybridized carbons (Fsp3) is 0.444. The van der Waals surface area contributed by atoms with Gasteiger partial charge in [0, 0.05) is 24.1 Å². The SMILES string of the molecule is C[C@@H]1C[C@@H](C)CN(C(=O)/C=C2\Sc3ccc(C(F)(F)F)cc3NC2=O)C1. The third kappa shape index (κ3) is 4.06. The molecular weight excluding hydrogens is 365 g/mol. The lowest BCUT2D eigenvalue weighted by atomic mass is 9.92. The summed E-state index contributed by atoms with van der Waals surface area (Å²) in [4.78, 5) is 27.1. The highest BCUT2D eigenvalue weighted by atomic mass is 32.2. The second-order valence-electron chi connectivity index (χ2n) is 6.96. The highest BCUT2D eigenvalue weighted by Gasteiger charge is 2.33. The van der Waals surface area contributed by atoms with Crippen LogP contribution in [-0.4, -0.2) is 29.8 Å². The molecule has 1 aromatic carbocycles. The summed E-state index contributed by atoms with van der Waals surface area (Å²) in [7, 11) is 0. The number of amides is 2. The van der Waals surface area contributed by atoms with E-state index in [4.69, 9.17) is 0 Å². The molecule has 2 atom stereocenters. The van der Waals surface area contributed by atoms with Gasteiger partial charge in [-0.3, -0.25) is 9.59 Å². The number of alkyl halides is 3. The molecule has 0 saturated carbocycles. The summed E-state index contributed by atoms with van der Waals surface area (Å²) < 4.78 is 38.4. The molecule has 0 bridgehead atoms. The number of piperidine rings is 1. The average Bonchev–Trinajstić information content (AvgIpc) is 2.53. The van der Waals surface area contributed by atoms with Crippen molar-refractivity contribution < 1.29 is 22.8 Å². The van der Waals surface area contributed by atoms with Crippen LogP contribution < -0.4 is 5.32 Å². The van der Waals surface area contributed by atoms with Crippen molar-refractivity contribution in [2.75, 3.05) is 18.4 Å². The van der Waals surface area contributed by atoms with Crippen molar-refractivity contribution in [2.45, 2.75) is 31.3 Å². The second kappa shape index (κ2) is 6.98. The molecule has 2 amide bonds. The number of hydrogen-bond acceptors (Lipinski definition) is 3. The molecule has 2 aliphatic rings. The minimum absolute atomic E-state index is 0.111. The topological polar surface area (TPSA) is 49.4 Å². The molecule has 4 nitrogen and oxygen atoms in total. The molecular formula is C18H19F3N2O2S. The molecule has 26 heavy (non-hydrogen) atoms. The summed E-state index contributed by atoms with van der Waals surface area (Å²) in [6.07, 6.45) is -2.13. The lowest BCUT2D eigenvalue weighted by Crippen LogP contribution is -2.42. The number of carbonyl (C=O) groups excluding carboxylic acids is 2. The van der Waals surface area contributed by atoms with E-state index in [9.17, 15) is 22.8 Å². The van der Waals surface area contributed by atoms with Crippen LogP contribution >= 0.6 is 11.8 Å². The van der Waals surface area contributed by atoms with E-state index < -0.39 is 17.6 Å².